The maximum absolute atomic E-state index is 12.0. The van der Waals surface area contributed by atoms with Crippen molar-refractivity contribution >= 4 is 40.6 Å². The van der Waals surface area contributed by atoms with E-state index in [1.54, 1.807) is 30.3 Å². The molecule has 0 saturated carbocycles. The zero-order valence-corrected chi connectivity index (χ0v) is 15.2. The van der Waals surface area contributed by atoms with Gasteiger partial charge in [0.25, 0.3) is 5.91 Å². The highest BCUT2D eigenvalue weighted by Crippen LogP contribution is 2.27. The molecular formula is C17H20Cl2N4O. The number of halogens is 2. The molecule has 7 heteroatoms. The number of rotatable bonds is 7. The second-order valence-corrected chi connectivity index (χ2v) is 6.44. The number of hydrogen-bond donors (Lipinski definition) is 2. The molecule has 0 radical (unpaired) electrons. The Morgan fingerprint density at radius 2 is 2.00 bits per heavy atom. The van der Waals surface area contributed by atoms with Crippen molar-refractivity contribution < 1.29 is 4.79 Å². The number of carbonyl (C=O) groups is 1. The third-order valence-corrected chi connectivity index (χ3v) is 3.85. The van der Waals surface area contributed by atoms with Crippen LogP contribution in [0.3, 0.4) is 0 Å². The molecule has 2 aromatic rings. The summed E-state index contributed by atoms with van der Waals surface area (Å²) in [6.45, 7) is 1.57. The average molecular weight is 367 g/mol. The highest BCUT2D eigenvalue weighted by Gasteiger charge is 2.07. The molecule has 0 aliphatic rings. The van der Waals surface area contributed by atoms with Crippen molar-refractivity contribution in [1.29, 1.82) is 0 Å². The van der Waals surface area contributed by atoms with Crippen LogP contribution in [0, 0.1) is 0 Å². The summed E-state index contributed by atoms with van der Waals surface area (Å²) in [6, 6.07) is 8.59. The largest absolute Gasteiger partial charge is 0.352 e. The van der Waals surface area contributed by atoms with Crippen molar-refractivity contribution in [2.75, 3.05) is 32.5 Å². The molecule has 2 rings (SSSR count). The zero-order valence-electron chi connectivity index (χ0n) is 13.6. The molecule has 0 spiro atoms. The molecule has 128 valence electrons. The van der Waals surface area contributed by atoms with Crippen LogP contribution < -0.4 is 10.6 Å². The van der Waals surface area contributed by atoms with E-state index in [0.717, 1.165) is 13.0 Å². The molecule has 0 unspecified atom stereocenters. The van der Waals surface area contributed by atoms with Crippen LogP contribution in [0.2, 0.25) is 10.0 Å². The summed E-state index contributed by atoms with van der Waals surface area (Å²) in [5.74, 6) is 0.455. The summed E-state index contributed by atoms with van der Waals surface area (Å²) in [5.41, 5.74) is 1.18. The molecule has 1 amide bonds. The van der Waals surface area contributed by atoms with Crippen LogP contribution in [-0.4, -0.2) is 43.0 Å². The van der Waals surface area contributed by atoms with Gasteiger partial charge in [-0.25, -0.2) is 4.98 Å². The van der Waals surface area contributed by atoms with Crippen LogP contribution in [0.25, 0.3) is 0 Å². The van der Waals surface area contributed by atoms with E-state index in [4.69, 9.17) is 23.2 Å². The highest BCUT2D eigenvalue weighted by atomic mass is 35.5. The minimum atomic E-state index is -0.131. The Kier molecular flexibility index (Phi) is 6.85. The topological polar surface area (TPSA) is 57.3 Å². The summed E-state index contributed by atoms with van der Waals surface area (Å²) in [7, 11) is 4.01. The quantitative estimate of drug-likeness (QED) is 0.731. The van der Waals surface area contributed by atoms with Gasteiger partial charge in [0, 0.05) is 17.8 Å². The standard InChI is InChI=1S/C17H20Cl2N4O/c1-23(2)9-3-8-20-17(24)12-4-7-16(21-11-12)22-15-10-13(18)5-6-14(15)19/h4-7,10-11H,3,8-9H2,1-2H3,(H,20,24)(H,21,22). The van der Waals surface area contributed by atoms with E-state index < -0.39 is 0 Å². The van der Waals surface area contributed by atoms with Gasteiger partial charge in [-0.2, -0.15) is 0 Å². The lowest BCUT2D eigenvalue weighted by atomic mass is 10.2. The molecule has 0 aliphatic carbocycles. The predicted octanol–water partition coefficient (Wildman–Crippen LogP) is 3.81. The Labute approximate surface area is 152 Å². The van der Waals surface area contributed by atoms with E-state index in [1.807, 2.05) is 14.1 Å². The Morgan fingerprint density at radius 1 is 1.21 bits per heavy atom. The molecule has 1 aromatic heterocycles. The molecule has 0 aliphatic heterocycles. The van der Waals surface area contributed by atoms with Crippen LogP contribution in [0.4, 0.5) is 11.5 Å². The lowest BCUT2D eigenvalue weighted by Gasteiger charge is -2.10. The van der Waals surface area contributed by atoms with Gasteiger partial charge in [-0.3, -0.25) is 4.79 Å². The van der Waals surface area contributed by atoms with Gasteiger partial charge in [-0.1, -0.05) is 23.2 Å². The van der Waals surface area contributed by atoms with Gasteiger partial charge in [-0.05, 0) is 57.4 Å². The number of benzene rings is 1. The molecule has 1 aromatic carbocycles. The minimum absolute atomic E-state index is 0.131. The zero-order chi connectivity index (χ0) is 17.5. The Bertz CT molecular complexity index is 689. The summed E-state index contributed by atoms with van der Waals surface area (Å²) in [4.78, 5) is 18.4. The predicted molar refractivity (Wildman–Crippen MR) is 99.5 cm³/mol. The molecule has 5 nitrogen and oxygen atoms in total. The van der Waals surface area contributed by atoms with Gasteiger partial charge in [0.15, 0.2) is 0 Å². The number of anilines is 2. The third kappa shape index (κ3) is 5.67. The van der Waals surface area contributed by atoms with Crippen molar-refractivity contribution in [2.45, 2.75) is 6.42 Å². The van der Waals surface area contributed by atoms with Gasteiger partial charge in [0.05, 0.1) is 16.3 Å². The fourth-order valence-corrected chi connectivity index (χ4v) is 2.37. The number of hydrogen-bond acceptors (Lipinski definition) is 4. The monoisotopic (exact) mass is 366 g/mol. The van der Waals surface area contributed by atoms with Gasteiger partial charge in [0.1, 0.15) is 5.82 Å². The number of carbonyl (C=O) groups excluding carboxylic acids is 1. The van der Waals surface area contributed by atoms with Crippen molar-refractivity contribution in [3.8, 4) is 0 Å². The maximum atomic E-state index is 12.0. The Hall–Kier alpha value is -1.82. The van der Waals surface area contributed by atoms with Gasteiger partial charge >= 0.3 is 0 Å². The first-order valence-electron chi connectivity index (χ1n) is 7.57. The number of amides is 1. The van der Waals surface area contributed by atoms with Crippen molar-refractivity contribution in [2.24, 2.45) is 0 Å². The lowest BCUT2D eigenvalue weighted by molar-refractivity contribution is 0.0952. The molecule has 2 N–H and O–H groups in total. The van der Waals surface area contributed by atoms with E-state index in [-0.39, 0.29) is 5.91 Å². The summed E-state index contributed by atoms with van der Waals surface area (Å²) in [5, 5.41) is 7.08. The fraction of sp³-hybridized carbons (Fsp3) is 0.294. The average Bonchev–Trinajstić information content (AvgIpc) is 2.55. The van der Waals surface area contributed by atoms with Crippen molar-refractivity contribution in [3.63, 3.8) is 0 Å². The van der Waals surface area contributed by atoms with Crippen LogP contribution >= 0.6 is 23.2 Å². The van der Waals surface area contributed by atoms with E-state index in [0.29, 0.717) is 33.7 Å². The Balaban J connectivity index is 1.92. The number of pyridine rings is 1. The molecule has 0 atom stereocenters. The van der Waals surface area contributed by atoms with Gasteiger partial charge in [0.2, 0.25) is 0 Å². The number of aromatic nitrogens is 1. The minimum Gasteiger partial charge on any atom is -0.352 e. The van der Waals surface area contributed by atoms with E-state index in [9.17, 15) is 4.79 Å². The smallest absolute Gasteiger partial charge is 0.252 e. The molecule has 1 heterocycles. The second kappa shape index (κ2) is 8.87. The van der Waals surface area contributed by atoms with Gasteiger partial charge in [-0.15, -0.1) is 0 Å². The maximum Gasteiger partial charge on any atom is 0.252 e. The van der Waals surface area contributed by atoms with Crippen LogP contribution in [0.15, 0.2) is 36.5 Å². The summed E-state index contributed by atoms with van der Waals surface area (Å²) in [6.07, 6.45) is 2.43. The van der Waals surface area contributed by atoms with E-state index >= 15 is 0 Å². The SMILES string of the molecule is CN(C)CCCNC(=O)c1ccc(Nc2cc(Cl)ccc2Cl)nc1. The molecule has 24 heavy (non-hydrogen) atoms. The Morgan fingerprint density at radius 3 is 2.67 bits per heavy atom. The second-order valence-electron chi connectivity index (χ2n) is 5.59. The summed E-state index contributed by atoms with van der Waals surface area (Å²) >= 11 is 12.1. The first-order valence-corrected chi connectivity index (χ1v) is 8.32. The molecule has 0 fully saturated rings. The van der Waals surface area contributed by atoms with Crippen molar-refractivity contribution in [1.82, 2.24) is 15.2 Å². The van der Waals surface area contributed by atoms with Crippen LogP contribution in [0.5, 0.6) is 0 Å². The number of nitrogens with one attached hydrogen (secondary N) is 2. The summed E-state index contributed by atoms with van der Waals surface area (Å²) < 4.78 is 0. The highest BCUT2D eigenvalue weighted by molar-refractivity contribution is 6.35. The normalized spacial score (nSPS) is 10.7. The fourth-order valence-electron chi connectivity index (χ4n) is 2.03. The molecule has 0 saturated heterocycles. The molecular weight excluding hydrogens is 347 g/mol. The first-order chi connectivity index (χ1) is 11.5. The number of nitrogens with zero attached hydrogens (tertiary/aromatic N) is 2. The molecule has 0 bridgehead atoms. The van der Waals surface area contributed by atoms with E-state index in [2.05, 4.69) is 20.5 Å². The lowest BCUT2D eigenvalue weighted by Crippen LogP contribution is -2.27. The third-order valence-electron chi connectivity index (χ3n) is 3.28. The van der Waals surface area contributed by atoms with E-state index in [1.165, 1.54) is 6.20 Å². The van der Waals surface area contributed by atoms with Crippen molar-refractivity contribution in [3.05, 3.63) is 52.1 Å². The van der Waals surface area contributed by atoms with Gasteiger partial charge < -0.3 is 15.5 Å². The van der Waals surface area contributed by atoms with Crippen LogP contribution in [-0.2, 0) is 0 Å². The van der Waals surface area contributed by atoms with Crippen LogP contribution in [0.1, 0.15) is 16.8 Å². The first kappa shape index (κ1) is 18.5.